The van der Waals surface area contributed by atoms with Gasteiger partial charge in [0.05, 0.1) is 11.4 Å². The fourth-order valence-electron chi connectivity index (χ4n) is 5.08. The largest absolute Gasteiger partial charge is 0.480 e. The van der Waals surface area contributed by atoms with Gasteiger partial charge in [-0.3, -0.25) is 4.79 Å². The molecule has 1 amide bonds. The second-order valence-corrected chi connectivity index (χ2v) is 10.1. The van der Waals surface area contributed by atoms with E-state index < -0.39 is 17.9 Å². The molecule has 0 aliphatic carbocycles. The Morgan fingerprint density at radius 1 is 0.976 bits per heavy atom. The molecule has 7 heteroatoms. The van der Waals surface area contributed by atoms with Crippen molar-refractivity contribution >= 4 is 39.6 Å². The van der Waals surface area contributed by atoms with E-state index in [1.54, 1.807) is 17.0 Å². The zero-order valence-electron chi connectivity index (χ0n) is 22.4. The van der Waals surface area contributed by atoms with Crippen LogP contribution in [-0.2, 0) is 16.0 Å². The van der Waals surface area contributed by atoms with Gasteiger partial charge in [-0.2, -0.15) is 5.10 Å². The lowest BCUT2D eigenvalue weighted by molar-refractivity contribution is -0.141. The number of para-hydroxylation sites is 1. The number of carboxylic acid groups (broad SMARTS) is 1. The maximum absolute atomic E-state index is 13.0. The van der Waals surface area contributed by atoms with Crippen molar-refractivity contribution in [1.82, 2.24) is 20.1 Å². The van der Waals surface area contributed by atoms with Gasteiger partial charge in [0.2, 0.25) is 5.91 Å². The number of carboxylic acids is 1. The first-order chi connectivity index (χ1) is 19.9. The molecule has 0 saturated carbocycles. The standard InChI is InChI=1S/C34H28N4O3/c1-22-7-6-10-28(17-22)38-21-26(33(37-38)25-14-13-23-8-2-3-9-24(23)18-25)15-16-32(39)36-31(34(40)41)19-27-20-35-30-12-5-4-11-29(27)30/h2-18,20-21,31,35H,19H2,1H3,(H,36,39)(H,40,41)/b16-15+/t31-/m0/s1. The molecule has 0 bridgehead atoms. The van der Waals surface area contributed by atoms with Crippen molar-refractivity contribution in [3.05, 3.63) is 126 Å². The highest BCUT2D eigenvalue weighted by atomic mass is 16.4. The third-order valence-corrected chi connectivity index (χ3v) is 7.16. The molecule has 7 nitrogen and oxygen atoms in total. The van der Waals surface area contributed by atoms with Crippen molar-refractivity contribution in [2.75, 3.05) is 0 Å². The Hall–Kier alpha value is -5.43. The highest BCUT2D eigenvalue weighted by Gasteiger charge is 2.21. The summed E-state index contributed by atoms with van der Waals surface area (Å²) in [5.41, 5.74) is 6.13. The Labute approximate surface area is 236 Å². The molecule has 0 saturated heterocycles. The van der Waals surface area contributed by atoms with Crippen LogP contribution in [0.2, 0.25) is 0 Å². The molecule has 41 heavy (non-hydrogen) atoms. The normalized spacial score (nSPS) is 12.2. The number of nitrogens with zero attached hydrogens (tertiary/aromatic N) is 2. The monoisotopic (exact) mass is 540 g/mol. The van der Waals surface area contributed by atoms with Crippen molar-refractivity contribution < 1.29 is 14.7 Å². The number of aromatic amines is 1. The van der Waals surface area contributed by atoms with Gasteiger partial charge in [-0.1, -0.05) is 66.7 Å². The molecule has 0 spiro atoms. The number of hydrogen-bond acceptors (Lipinski definition) is 3. The van der Waals surface area contributed by atoms with Crippen LogP contribution in [0.3, 0.4) is 0 Å². The summed E-state index contributed by atoms with van der Waals surface area (Å²) in [6.07, 6.45) is 6.88. The molecular formula is C34H28N4O3. The number of carbonyl (C=O) groups excluding carboxylic acids is 1. The SMILES string of the molecule is Cc1cccc(-n2cc(/C=C/C(=O)N[C@@H](Cc3c[nH]c4ccccc34)C(=O)O)c(-c3ccc4ccccc4c3)n2)c1. The van der Waals surface area contributed by atoms with E-state index in [1.807, 2.05) is 79.9 Å². The number of aryl methyl sites for hydroxylation is 1. The first-order valence-corrected chi connectivity index (χ1v) is 13.4. The number of amides is 1. The van der Waals surface area contributed by atoms with E-state index in [9.17, 15) is 14.7 Å². The maximum atomic E-state index is 13.0. The van der Waals surface area contributed by atoms with E-state index in [1.165, 1.54) is 6.08 Å². The van der Waals surface area contributed by atoms with Crippen LogP contribution in [0.25, 0.3) is 44.7 Å². The number of carbonyl (C=O) groups is 2. The second kappa shape index (κ2) is 11.0. The lowest BCUT2D eigenvalue weighted by atomic mass is 10.0. The van der Waals surface area contributed by atoms with E-state index in [4.69, 9.17) is 5.10 Å². The van der Waals surface area contributed by atoms with E-state index in [0.717, 1.165) is 55.3 Å². The summed E-state index contributed by atoms with van der Waals surface area (Å²) < 4.78 is 1.80. The molecule has 6 rings (SSSR count). The topological polar surface area (TPSA) is 100 Å². The Kier molecular flexibility index (Phi) is 6.92. The summed E-state index contributed by atoms with van der Waals surface area (Å²) in [6.45, 7) is 2.03. The van der Waals surface area contributed by atoms with Crippen molar-refractivity contribution in [2.24, 2.45) is 0 Å². The van der Waals surface area contributed by atoms with Gasteiger partial charge >= 0.3 is 5.97 Å². The average Bonchev–Trinajstić information content (AvgIpc) is 3.60. The summed E-state index contributed by atoms with van der Waals surface area (Å²) >= 11 is 0. The number of aromatic nitrogens is 3. The van der Waals surface area contributed by atoms with Crippen LogP contribution in [0.1, 0.15) is 16.7 Å². The Morgan fingerprint density at radius 2 is 1.78 bits per heavy atom. The zero-order valence-corrected chi connectivity index (χ0v) is 22.4. The van der Waals surface area contributed by atoms with E-state index in [0.29, 0.717) is 0 Å². The quantitative estimate of drug-likeness (QED) is 0.197. The van der Waals surface area contributed by atoms with Gasteiger partial charge in [-0.25, -0.2) is 9.48 Å². The molecule has 3 N–H and O–H groups in total. The van der Waals surface area contributed by atoms with Gasteiger partial charge in [-0.15, -0.1) is 0 Å². The third-order valence-electron chi connectivity index (χ3n) is 7.16. The van der Waals surface area contributed by atoms with E-state index in [-0.39, 0.29) is 6.42 Å². The first kappa shape index (κ1) is 25.8. The summed E-state index contributed by atoms with van der Waals surface area (Å²) in [5, 5.41) is 20.5. The number of rotatable bonds is 8. The number of aliphatic carboxylic acids is 1. The predicted octanol–water partition coefficient (Wildman–Crippen LogP) is 6.31. The molecule has 6 aromatic rings. The molecule has 202 valence electrons. The minimum absolute atomic E-state index is 0.159. The fourth-order valence-corrected chi connectivity index (χ4v) is 5.08. The molecule has 0 aliphatic heterocycles. The summed E-state index contributed by atoms with van der Waals surface area (Å²) in [4.78, 5) is 28.2. The predicted molar refractivity (Wildman–Crippen MR) is 162 cm³/mol. The van der Waals surface area contributed by atoms with Crippen LogP contribution in [0.15, 0.2) is 109 Å². The number of fused-ring (bicyclic) bond motifs is 2. The van der Waals surface area contributed by atoms with Crippen LogP contribution in [0, 0.1) is 6.92 Å². The molecule has 1 atom stereocenters. The number of benzene rings is 4. The average molecular weight is 541 g/mol. The minimum atomic E-state index is -1.10. The van der Waals surface area contributed by atoms with E-state index >= 15 is 0 Å². The Morgan fingerprint density at radius 3 is 2.61 bits per heavy atom. The van der Waals surface area contributed by atoms with Gasteiger partial charge in [-0.05, 0) is 59.2 Å². The van der Waals surface area contributed by atoms with Gasteiger partial charge in [0.1, 0.15) is 6.04 Å². The van der Waals surface area contributed by atoms with E-state index in [2.05, 4.69) is 34.6 Å². The molecule has 0 aliphatic rings. The van der Waals surface area contributed by atoms with Gasteiger partial charge in [0.15, 0.2) is 0 Å². The van der Waals surface area contributed by atoms with Crippen LogP contribution in [0.4, 0.5) is 0 Å². The minimum Gasteiger partial charge on any atom is -0.480 e. The van der Waals surface area contributed by atoms with Crippen molar-refractivity contribution in [1.29, 1.82) is 0 Å². The van der Waals surface area contributed by atoms with Gasteiger partial charge < -0.3 is 15.4 Å². The highest BCUT2D eigenvalue weighted by Crippen LogP contribution is 2.28. The maximum Gasteiger partial charge on any atom is 0.326 e. The van der Waals surface area contributed by atoms with Crippen LogP contribution in [-0.4, -0.2) is 37.8 Å². The van der Waals surface area contributed by atoms with Crippen molar-refractivity contribution in [3.63, 3.8) is 0 Å². The summed E-state index contributed by atoms with van der Waals surface area (Å²) in [5.74, 6) is -1.59. The van der Waals surface area contributed by atoms with Crippen LogP contribution in [0.5, 0.6) is 0 Å². The van der Waals surface area contributed by atoms with Crippen molar-refractivity contribution in [3.8, 4) is 16.9 Å². The van der Waals surface area contributed by atoms with Crippen molar-refractivity contribution in [2.45, 2.75) is 19.4 Å². The number of nitrogens with one attached hydrogen (secondary N) is 2. The molecule has 0 fully saturated rings. The van der Waals surface area contributed by atoms with Crippen LogP contribution >= 0.6 is 0 Å². The highest BCUT2D eigenvalue weighted by molar-refractivity contribution is 5.96. The summed E-state index contributed by atoms with van der Waals surface area (Å²) in [7, 11) is 0. The number of hydrogen-bond donors (Lipinski definition) is 3. The molecule has 0 unspecified atom stereocenters. The number of H-pyrrole nitrogens is 1. The zero-order chi connectivity index (χ0) is 28.3. The smallest absolute Gasteiger partial charge is 0.326 e. The lowest BCUT2D eigenvalue weighted by Gasteiger charge is -2.12. The molecule has 0 radical (unpaired) electrons. The Bertz CT molecular complexity index is 1930. The van der Waals surface area contributed by atoms with Gasteiger partial charge in [0, 0.05) is 46.9 Å². The third kappa shape index (κ3) is 5.51. The molecular weight excluding hydrogens is 512 g/mol. The first-order valence-electron chi connectivity index (χ1n) is 13.4. The second-order valence-electron chi connectivity index (χ2n) is 10.1. The molecule has 2 aromatic heterocycles. The molecule has 2 heterocycles. The van der Waals surface area contributed by atoms with Crippen LogP contribution < -0.4 is 5.32 Å². The fraction of sp³-hybridized carbons (Fsp3) is 0.0882. The summed E-state index contributed by atoms with van der Waals surface area (Å²) in [6, 6.07) is 28.9. The molecule has 4 aromatic carbocycles. The van der Waals surface area contributed by atoms with Gasteiger partial charge in [0.25, 0.3) is 0 Å². The Balaban J connectivity index is 1.29. The lowest BCUT2D eigenvalue weighted by Crippen LogP contribution is -2.41.